The van der Waals surface area contributed by atoms with Gasteiger partial charge >= 0.3 is 6.09 Å². The van der Waals surface area contributed by atoms with Gasteiger partial charge in [-0.3, -0.25) is 4.79 Å². The highest BCUT2D eigenvalue weighted by atomic mass is 79.9. The van der Waals surface area contributed by atoms with Gasteiger partial charge in [-0.2, -0.15) is 0 Å². The van der Waals surface area contributed by atoms with Crippen LogP contribution in [0.2, 0.25) is 0 Å². The summed E-state index contributed by atoms with van der Waals surface area (Å²) in [5.74, 6) is 0.0744. The van der Waals surface area contributed by atoms with Gasteiger partial charge in [0.15, 0.2) is 0 Å². The second-order valence-electron chi connectivity index (χ2n) is 8.25. The van der Waals surface area contributed by atoms with Crippen LogP contribution in [0.4, 0.5) is 4.79 Å². The van der Waals surface area contributed by atoms with E-state index in [0.717, 1.165) is 23.3 Å². The molecule has 0 aliphatic carbocycles. The van der Waals surface area contributed by atoms with Crippen molar-refractivity contribution in [2.24, 2.45) is 0 Å². The molecular weight excluding hydrogens is 500 g/mol. The minimum Gasteiger partial charge on any atom is -0.492 e. The fourth-order valence-corrected chi connectivity index (χ4v) is 4.10. The molecule has 0 radical (unpaired) electrons. The lowest BCUT2D eigenvalue weighted by Gasteiger charge is -2.22. The standard InChI is InChI=1S/C26H27BrN2O5/c1-2-20(27)16-32-22-10-8-19(9-11-22)23(24-12-13-34-28-24)15-25(30)29-21(17-33-26(29)31)14-18-6-4-3-5-7-18/h3-13,20-21,23H,2,14-17H2,1H3/t20?,21-,23-/m0/s1. The maximum atomic E-state index is 13.3. The number of imide groups is 1. The van der Waals surface area contributed by atoms with Gasteiger partial charge in [-0.05, 0) is 36.1 Å². The maximum absolute atomic E-state index is 13.3. The number of hydrogen-bond acceptors (Lipinski definition) is 6. The van der Waals surface area contributed by atoms with Gasteiger partial charge in [0, 0.05) is 23.2 Å². The first-order valence-corrected chi connectivity index (χ1v) is 12.3. The first-order chi connectivity index (χ1) is 16.5. The van der Waals surface area contributed by atoms with Crippen LogP contribution in [-0.4, -0.2) is 46.1 Å². The van der Waals surface area contributed by atoms with Crippen LogP contribution in [0, 0.1) is 0 Å². The number of rotatable bonds is 10. The number of nitrogens with zero attached hydrogens (tertiary/aromatic N) is 2. The molecule has 1 aromatic heterocycles. The van der Waals surface area contributed by atoms with Crippen LogP contribution in [0.3, 0.4) is 0 Å². The number of carbonyl (C=O) groups is 2. The van der Waals surface area contributed by atoms with Crippen molar-refractivity contribution in [3.8, 4) is 5.75 Å². The Morgan fingerprint density at radius 1 is 1.18 bits per heavy atom. The van der Waals surface area contributed by atoms with Crippen LogP contribution in [0.1, 0.15) is 42.5 Å². The van der Waals surface area contributed by atoms with Gasteiger partial charge in [-0.1, -0.05) is 70.5 Å². The molecule has 0 bridgehead atoms. The molecule has 0 saturated carbocycles. The van der Waals surface area contributed by atoms with E-state index in [1.165, 1.54) is 11.2 Å². The second-order valence-corrected chi connectivity index (χ2v) is 9.55. The smallest absolute Gasteiger partial charge is 0.416 e. The van der Waals surface area contributed by atoms with Crippen molar-refractivity contribution in [3.05, 3.63) is 83.7 Å². The van der Waals surface area contributed by atoms with Gasteiger partial charge in [0.25, 0.3) is 0 Å². The molecule has 1 aliphatic heterocycles. The molecule has 0 spiro atoms. The zero-order valence-corrected chi connectivity index (χ0v) is 20.5. The van der Waals surface area contributed by atoms with Gasteiger partial charge in [-0.15, -0.1) is 0 Å². The predicted molar refractivity (Wildman–Crippen MR) is 130 cm³/mol. The van der Waals surface area contributed by atoms with Crippen molar-refractivity contribution >= 4 is 27.9 Å². The number of amides is 2. The first kappa shape index (κ1) is 24.0. The highest BCUT2D eigenvalue weighted by Gasteiger charge is 2.39. The third kappa shape index (κ3) is 5.86. The number of cyclic esters (lactones) is 1. The molecule has 4 rings (SSSR count). The fourth-order valence-electron chi connectivity index (χ4n) is 3.97. The van der Waals surface area contributed by atoms with Gasteiger partial charge < -0.3 is 14.0 Å². The van der Waals surface area contributed by atoms with E-state index in [4.69, 9.17) is 14.0 Å². The molecule has 8 heteroatoms. The number of hydrogen-bond donors (Lipinski definition) is 0. The number of benzene rings is 2. The van der Waals surface area contributed by atoms with E-state index in [1.807, 2.05) is 54.6 Å². The number of carbonyl (C=O) groups excluding carboxylic acids is 2. The molecule has 3 aromatic rings. The van der Waals surface area contributed by atoms with Gasteiger partial charge in [0.2, 0.25) is 5.91 Å². The Hall–Kier alpha value is -3.13. The summed E-state index contributed by atoms with van der Waals surface area (Å²) in [6.45, 7) is 2.85. The minimum atomic E-state index is -0.603. The van der Waals surface area contributed by atoms with Crippen LogP contribution in [-0.2, 0) is 16.0 Å². The van der Waals surface area contributed by atoms with Crippen molar-refractivity contribution < 1.29 is 23.6 Å². The highest BCUT2D eigenvalue weighted by Crippen LogP contribution is 2.31. The molecule has 1 unspecified atom stereocenters. The van der Waals surface area contributed by atoms with E-state index in [9.17, 15) is 9.59 Å². The molecule has 1 aliphatic rings. The minimum absolute atomic E-state index is 0.0619. The summed E-state index contributed by atoms with van der Waals surface area (Å²) in [6.07, 6.45) is 2.46. The Labute approximate surface area is 207 Å². The Kier molecular flexibility index (Phi) is 8.00. The highest BCUT2D eigenvalue weighted by molar-refractivity contribution is 9.09. The summed E-state index contributed by atoms with van der Waals surface area (Å²) in [7, 11) is 0. The van der Waals surface area contributed by atoms with Crippen molar-refractivity contribution in [1.82, 2.24) is 10.1 Å². The van der Waals surface area contributed by atoms with Crippen LogP contribution >= 0.6 is 15.9 Å². The third-order valence-electron chi connectivity index (χ3n) is 5.89. The van der Waals surface area contributed by atoms with E-state index in [0.29, 0.717) is 18.7 Å². The van der Waals surface area contributed by atoms with Gasteiger partial charge in [0.05, 0.1) is 11.7 Å². The topological polar surface area (TPSA) is 81.9 Å². The average Bonchev–Trinajstić information content (AvgIpc) is 3.52. The Bertz CT molecular complexity index is 1070. The normalized spacial score (nSPS) is 17.3. The van der Waals surface area contributed by atoms with Crippen molar-refractivity contribution in [2.75, 3.05) is 13.2 Å². The largest absolute Gasteiger partial charge is 0.492 e. The third-order valence-corrected chi connectivity index (χ3v) is 6.81. The first-order valence-electron chi connectivity index (χ1n) is 11.3. The molecular formula is C26H27BrN2O5. The number of ether oxygens (including phenoxy) is 2. The zero-order chi connectivity index (χ0) is 23.9. The van der Waals surface area contributed by atoms with E-state index in [-0.39, 0.29) is 35.7 Å². The molecule has 2 amide bonds. The Balaban J connectivity index is 1.50. The van der Waals surface area contributed by atoms with Crippen LogP contribution in [0.5, 0.6) is 5.75 Å². The SMILES string of the molecule is CCC(Br)COc1ccc([C@H](CC(=O)N2C(=O)OC[C@@H]2Cc2ccccc2)c2ccon2)cc1. The lowest BCUT2D eigenvalue weighted by molar-refractivity contribution is -0.129. The van der Waals surface area contributed by atoms with E-state index < -0.39 is 6.09 Å². The average molecular weight is 527 g/mol. The quantitative estimate of drug-likeness (QED) is 0.331. The number of halogens is 1. The van der Waals surface area contributed by atoms with Crippen LogP contribution < -0.4 is 4.74 Å². The molecule has 0 N–H and O–H groups in total. The summed E-state index contributed by atoms with van der Waals surface area (Å²) in [5.41, 5.74) is 2.55. The molecule has 3 atom stereocenters. The van der Waals surface area contributed by atoms with Gasteiger partial charge in [0.1, 0.15) is 25.2 Å². The second kappa shape index (κ2) is 11.3. The lowest BCUT2D eigenvalue weighted by Crippen LogP contribution is -2.40. The molecule has 34 heavy (non-hydrogen) atoms. The zero-order valence-electron chi connectivity index (χ0n) is 18.9. The molecule has 7 nitrogen and oxygen atoms in total. The summed E-state index contributed by atoms with van der Waals surface area (Å²) in [6, 6.07) is 18.8. The van der Waals surface area contributed by atoms with E-state index >= 15 is 0 Å². The Morgan fingerprint density at radius 3 is 2.62 bits per heavy atom. The Morgan fingerprint density at radius 2 is 1.94 bits per heavy atom. The summed E-state index contributed by atoms with van der Waals surface area (Å²) >= 11 is 3.56. The number of aromatic nitrogens is 1. The summed E-state index contributed by atoms with van der Waals surface area (Å²) in [4.78, 5) is 27.3. The maximum Gasteiger partial charge on any atom is 0.416 e. The molecule has 1 fully saturated rings. The van der Waals surface area contributed by atoms with Crippen molar-refractivity contribution in [3.63, 3.8) is 0 Å². The molecule has 178 valence electrons. The van der Waals surface area contributed by atoms with E-state index in [1.54, 1.807) is 6.07 Å². The monoisotopic (exact) mass is 526 g/mol. The summed E-state index contributed by atoms with van der Waals surface area (Å²) < 4.78 is 16.1. The predicted octanol–water partition coefficient (Wildman–Crippen LogP) is 5.34. The lowest BCUT2D eigenvalue weighted by atomic mass is 9.91. The van der Waals surface area contributed by atoms with Crippen molar-refractivity contribution in [1.29, 1.82) is 0 Å². The fraction of sp³-hybridized carbons (Fsp3) is 0.346. The molecule has 2 aromatic carbocycles. The number of alkyl halides is 1. The van der Waals surface area contributed by atoms with E-state index in [2.05, 4.69) is 28.0 Å². The molecule has 2 heterocycles. The summed E-state index contributed by atoms with van der Waals surface area (Å²) in [5, 5.41) is 4.07. The van der Waals surface area contributed by atoms with Crippen LogP contribution in [0.25, 0.3) is 0 Å². The van der Waals surface area contributed by atoms with Gasteiger partial charge in [-0.25, -0.2) is 9.69 Å². The van der Waals surface area contributed by atoms with Crippen LogP contribution in [0.15, 0.2) is 71.4 Å². The van der Waals surface area contributed by atoms with Crippen molar-refractivity contribution in [2.45, 2.75) is 43.0 Å². The molecule has 1 saturated heterocycles.